The summed E-state index contributed by atoms with van der Waals surface area (Å²) < 4.78 is 18.0. The molecule has 0 spiro atoms. The molecule has 27 heavy (non-hydrogen) atoms. The molecule has 2 unspecified atom stereocenters. The molecule has 0 aromatic heterocycles. The van der Waals surface area contributed by atoms with Crippen LogP contribution in [0.25, 0.3) is 0 Å². The van der Waals surface area contributed by atoms with Crippen LogP contribution in [0.15, 0.2) is 11.6 Å². The van der Waals surface area contributed by atoms with Crippen molar-refractivity contribution in [3.63, 3.8) is 0 Å². The normalized spacial score (nSPS) is 52.1. The third-order valence-electron chi connectivity index (χ3n) is 8.79. The maximum Gasteiger partial charge on any atom is 0.126 e. The molecule has 3 saturated carbocycles. The Balaban J connectivity index is 0.000000109. The topological polar surface area (TPSA) is 37.6 Å². The van der Waals surface area contributed by atoms with Gasteiger partial charge in [-0.3, -0.25) is 0 Å². The smallest absolute Gasteiger partial charge is 0.126 e. The summed E-state index contributed by atoms with van der Waals surface area (Å²) in [5.41, 5.74) is 2.34. The average molecular weight is 373 g/mol. The Morgan fingerprint density at radius 3 is 1.81 bits per heavy atom. The van der Waals surface area contributed by atoms with Crippen LogP contribution in [-0.2, 0) is 14.2 Å². The van der Waals surface area contributed by atoms with E-state index in [1.54, 1.807) is 5.57 Å². The minimum atomic E-state index is 0.205. The lowest BCUT2D eigenvalue weighted by Gasteiger charge is -2.27. The summed E-state index contributed by atoms with van der Waals surface area (Å²) in [5, 5.41) is 0. The van der Waals surface area contributed by atoms with Crippen molar-refractivity contribution in [1.29, 1.82) is 0 Å². The van der Waals surface area contributed by atoms with Gasteiger partial charge in [0.05, 0.1) is 18.3 Å². The SMILES string of the molecule is C1=C([C@]23CCCC[C@H]2O3)CCCC1.C1CCC2([C@]34CCCC[C@H]3O4)OC2C1. The zero-order valence-electron chi connectivity index (χ0n) is 16.8. The fourth-order valence-electron chi connectivity index (χ4n) is 7.18. The molecule has 3 heteroatoms. The summed E-state index contributed by atoms with van der Waals surface area (Å²) in [6, 6.07) is 0. The molecule has 6 atom stereocenters. The van der Waals surface area contributed by atoms with E-state index in [1.165, 1.54) is 103 Å². The van der Waals surface area contributed by atoms with Crippen LogP contribution in [0, 0.1) is 0 Å². The maximum atomic E-state index is 6.02. The van der Waals surface area contributed by atoms with Gasteiger partial charge in [0.25, 0.3) is 0 Å². The number of hydrogen-bond acceptors (Lipinski definition) is 3. The molecule has 6 fully saturated rings. The predicted molar refractivity (Wildman–Crippen MR) is 105 cm³/mol. The molecule has 0 amide bonds. The van der Waals surface area contributed by atoms with Crippen LogP contribution >= 0.6 is 0 Å². The summed E-state index contributed by atoms with van der Waals surface area (Å²) in [6.45, 7) is 0. The number of rotatable bonds is 2. The van der Waals surface area contributed by atoms with Gasteiger partial charge in [-0.15, -0.1) is 0 Å². The largest absolute Gasteiger partial charge is 0.363 e. The van der Waals surface area contributed by atoms with Crippen LogP contribution in [0.3, 0.4) is 0 Å². The Labute approximate surface area is 164 Å². The summed E-state index contributed by atoms with van der Waals surface area (Å²) in [4.78, 5) is 0. The van der Waals surface area contributed by atoms with Gasteiger partial charge in [0.1, 0.15) is 16.8 Å². The first-order chi connectivity index (χ1) is 13.3. The zero-order valence-corrected chi connectivity index (χ0v) is 16.8. The Hall–Kier alpha value is -0.380. The standard InChI is InChI=1S/C12H18O2.C12H18O/c1-3-7-11(9(5-1)13-11)12-8-4-2-6-10(12)14-12;1-2-6-10(7-3-1)12-9-5-4-8-11(12)13-12/h9-10H,1-8H2;6,11H,1-5,7-9H2/t9-,10?,11+,12?;11-,12-/m11/s1. The third-order valence-corrected chi connectivity index (χ3v) is 8.79. The maximum absolute atomic E-state index is 6.02. The van der Waals surface area contributed by atoms with Gasteiger partial charge in [0.15, 0.2) is 0 Å². The van der Waals surface area contributed by atoms with Gasteiger partial charge in [-0.1, -0.05) is 44.6 Å². The Bertz CT molecular complexity index is 601. The van der Waals surface area contributed by atoms with E-state index in [0.29, 0.717) is 18.3 Å². The Morgan fingerprint density at radius 1 is 0.630 bits per heavy atom. The molecule has 4 aliphatic carbocycles. The van der Waals surface area contributed by atoms with Crippen LogP contribution in [-0.4, -0.2) is 35.1 Å². The molecule has 3 aliphatic heterocycles. The van der Waals surface area contributed by atoms with Gasteiger partial charge < -0.3 is 14.2 Å². The van der Waals surface area contributed by atoms with Gasteiger partial charge in [-0.25, -0.2) is 0 Å². The molecular weight excluding hydrogens is 336 g/mol. The van der Waals surface area contributed by atoms with Crippen LogP contribution in [0.4, 0.5) is 0 Å². The molecule has 7 rings (SSSR count). The van der Waals surface area contributed by atoms with Crippen molar-refractivity contribution < 1.29 is 14.2 Å². The first-order valence-corrected chi connectivity index (χ1v) is 12.0. The minimum Gasteiger partial charge on any atom is -0.363 e. The Morgan fingerprint density at radius 2 is 1.26 bits per heavy atom. The van der Waals surface area contributed by atoms with Crippen molar-refractivity contribution in [2.45, 2.75) is 138 Å². The lowest BCUT2D eigenvalue weighted by molar-refractivity contribution is 0.134. The first kappa shape index (κ1) is 17.5. The van der Waals surface area contributed by atoms with E-state index >= 15 is 0 Å². The van der Waals surface area contributed by atoms with Crippen molar-refractivity contribution in [3.05, 3.63) is 11.6 Å². The molecule has 3 nitrogen and oxygen atoms in total. The highest BCUT2D eigenvalue weighted by Crippen LogP contribution is 2.66. The van der Waals surface area contributed by atoms with Crippen LogP contribution in [0.5, 0.6) is 0 Å². The lowest BCUT2D eigenvalue weighted by Crippen LogP contribution is -2.41. The second kappa shape index (κ2) is 6.31. The quantitative estimate of drug-likeness (QED) is 0.467. The molecule has 0 aromatic carbocycles. The van der Waals surface area contributed by atoms with E-state index < -0.39 is 0 Å². The summed E-state index contributed by atoms with van der Waals surface area (Å²) in [5.74, 6) is 0. The number of ether oxygens (including phenoxy) is 3. The fraction of sp³-hybridized carbons (Fsp3) is 0.917. The van der Waals surface area contributed by atoms with Crippen LogP contribution in [0.2, 0.25) is 0 Å². The number of fused-ring (bicyclic) bond motifs is 4. The lowest BCUT2D eigenvalue weighted by atomic mass is 9.72. The van der Waals surface area contributed by atoms with E-state index in [4.69, 9.17) is 14.2 Å². The van der Waals surface area contributed by atoms with Gasteiger partial charge >= 0.3 is 0 Å². The molecule has 0 bridgehead atoms. The Kier molecular flexibility index (Phi) is 4.08. The van der Waals surface area contributed by atoms with E-state index in [1.807, 2.05) is 0 Å². The summed E-state index contributed by atoms with van der Waals surface area (Å²) in [6.07, 6.45) is 25.6. The van der Waals surface area contributed by atoms with Crippen molar-refractivity contribution >= 4 is 0 Å². The molecule has 0 radical (unpaired) electrons. The second-order valence-corrected chi connectivity index (χ2v) is 10.2. The highest BCUT2D eigenvalue weighted by atomic mass is 16.7. The highest BCUT2D eigenvalue weighted by molar-refractivity contribution is 5.30. The van der Waals surface area contributed by atoms with Crippen molar-refractivity contribution in [2.75, 3.05) is 0 Å². The fourth-order valence-corrected chi connectivity index (χ4v) is 7.18. The molecule has 0 aromatic rings. The number of hydrogen-bond donors (Lipinski definition) is 0. The second-order valence-electron chi connectivity index (χ2n) is 10.2. The molecule has 3 heterocycles. The molecule has 7 aliphatic rings. The van der Waals surface area contributed by atoms with Crippen molar-refractivity contribution in [2.24, 2.45) is 0 Å². The molecular formula is C24H36O3. The highest BCUT2D eigenvalue weighted by Gasteiger charge is 2.79. The number of allylic oxidation sites excluding steroid dienone is 1. The zero-order chi connectivity index (χ0) is 18.0. The van der Waals surface area contributed by atoms with Crippen molar-refractivity contribution in [3.8, 4) is 0 Å². The molecule has 150 valence electrons. The number of epoxide rings is 3. The average Bonchev–Trinajstić information content (AvgIpc) is 3.63. The van der Waals surface area contributed by atoms with Gasteiger partial charge in [0, 0.05) is 0 Å². The molecule has 3 saturated heterocycles. The van der Waals surface area contributed by atoms with Gasteiger partial charge in [-0.2, -0.15) is 0 Å². The summed E-state index contributed by atoms with van der Waals surface area (Å²) in [7, 11) is 0. The monoisotopic (exact) mass is 372 g/mol. The summed E-state index contributed by atoms with van der Waals surface area (Å²) >= 11 is 0. The first-order valence-electron chi connectivity index (χ1n) is 12.0. The van der Waals surface area contributed by atoms with Gasteiger partial charge in [-0.05, 0) is 69.8 Å². The van der Waals surface area contributed by atoms with E-state index in [2.05, 4.69) is 6.08 Å². The molecule has 0 N–H and O–H groups in total. The van der Waals surface area contributed by atoms with Crippen molar-refractivity contribution in [1.82, 2.24) is 0 Å². The third kappa shape index (κ3) is 2.64. The van der Waals surface area contributed by atoms with Crippen LogP contribution in [0.1, 0.15) is 103 Å². The van der Waals surface area contributed by atoms with Crippen LogP contribution < -0.4 is 0 Å². The van der Waals surface area contributed by atoms with Gasteiger partial charge in [0.2, 0.25) is 0 Å². The minimum absolute atomic E-state index is 0.205. The predicted octanol–water partition coefficient (Wildman–Crippen LogP) is 5.61. The van der Waals surface area contributed by atoms with E-state index in [0.717, 1.165) is 0 Å². The van der Waals surface area contributed by atoms with E-state index in [-0.39, 0.29) is 16.8 Å². The van der Waals surface area contributed by atoms with E-state index in [9.17, 15) is 0 Å².